The van der Waals surface area contributed by atoms with Crippen molar-refractivity contribution < 1.29 is 4.79 Å². The van der Waals surface area contributed by atoms with Gasteiger partial charge in [-0.1, -0.05) is 30.0 Å². The Morgan fingerprint density at radius 2 is 1.95 bits per heavy atom. The lowest BCUT2D eigenvalue weighted by molar-refractivity contribution is 0.0610. The molecule has 0 aliphatic carbocycles. The highest BCUT2D eigenvalue weighted by Gasteiger charge is 2.28. The molecule has 1 N–H and O–H groups in total. The molecule has 0 aliphatic rings. The summed E-state index contributed by atoms with van der Waals surface area (Å²) in [5.74, 6) is 6.38. The second-order valence-corrected chi connectivity index (χ2v) is 6.14. The molecule has 1 aromatic heterocycles. The Labute approximate surface area is 131 Å². The van der Waals surface area contributed by atoms with Gasteiger partial charge in [0.05, 0.1) is 6.54 Å². The fraction of sp³-hybridized carbons (Fsp3) is 0.333. The lowest BCUT2D eigenvalue weighted by Gasteiger charge is -2.33. The lowest BCUT2D eigenvalue weighted by atomic mass is 10.1. The van der Waals surface area contributed by atoms with E-state index in [-0.39, 0.29) is 11.4 Å². The summed E-state index contributed by atoms with van der Waals surface area (Å²) in [7, 11) is 0. The molecule has 0 fully saturated rings. The summed E-state index contributed by atoms with van der Waals surface area (Å²) in [6.07, 6.45) is 1.66. The van der Waals surface area contributed by atoms with E-state index in [1.165, 1.54) is 0 Å². The number of rotatable bonds is 2. The van der Waals surface area contributed by atoms with E-state index in [4.69, 9.17) is 0 Å². The molecule has 0 saturated heterocycles. The molecule has 2 rings (SSSR count). The van der Waals surface area contributed by atoms with Crippen LogP contribution in [0.3, 0.4) is 0 Å². The van der Waals surface area contributed by atoms with Gasteiger partial charge in [0.15, 0.2) is 5.82 Å². The summed E-state index contributed by atoms with van der Waals surface area (Å²) >= 11 is 0. The molecule has 0 unspecified atom stereocenters. The molecule has 1 amide bonds. The molecule has 0 radical (unpaired) electrons. The monoisotopic (exact) mass is 295 g/mol. The van der Waals surface area contributed by atoms with Gasteiger partial charge in [-0.25, -0.2) is 4.98 Å². The smallest absolute Gasteiger partial charge is 0.290 e. The van der Waals surface area contributed by atoms with E-state index in [0.29, 0.717) is 12.4 Å². The molecule has 1 aromatic carbocycles. The van der Waals surface area contributed by atoms with E-state index in [1.54, 1.807) is 11.1 Å². The molecular formula is C18H21N3O. The van der Waals surface area contributed by atoms with Gasteiger partial charge in [0.25, 0.3) is 5.91 Å². The second kappa shape index (κ2) is 6.48. The molecule has 4 heteroatoms. The first-order chi connectivity index (χ1) is 10.4. The Hall–Kier alpha value is -2.54. The minimum absolute atomic E-state index is 0.136. The Kier molecular flexibility index (Phi) is 4.67. The van der Waals surface area contributed by atoms with E-state index < -0.39 is 0 Å². The van der Waals surface area contributed by atoms with Gasteiger partial charge in [-0.3, -0.25) is 4.79 Å². The predicted molar refractivity (Wildman–Crippen MR) is 87.4 cm³/mol. The molecule has 0 spiro atoms. The normalized spacial score (nSPS) is 10.7. The summed E-state index contributed by atoms with van der Waals surface area (Å²) < 4.78 is 0. The van der Waals surface area contributed by atoms with Crippen molar-refractivity contribution in [3.05, 3.63) is 53.6 Å². The Morgan fingerprint density at radius 1 is 1.27 bits per heavy atom. The zero-order valence-electron chi connectivity index (χ0n) is 13.5. The van der Waals surface area contributed by atoms with Crippen LogP contribution in [0.1, 0.15) is 42.6 Å². The number of nitrogens with one attached hydrogen (secondary N) is 1. The molecule has 0 aliphatic heterocycles. The number of aromatic amines is 1. The summed E-state index contributed by atoms with van der Waals surface area (Å²) in [4.78, 5) is 21.4. The number of carbonyl (C=O) groups is 1. The maximum atomic E-state index is 12.6. The molecule has 2 aromatic rings. The number of hydrogen-bond acceptors (Lipinski definition) is 2. The lowest BCUT2D eigenvalue weighted by Crippen LogP contribution is -2.46. The Balaban J connectivity index is 2.18. The van der Waals surface area contributed by atoms with Crippen LogP contribution in [0, 0.1) is 18.8 Å². The number of amides is 1. The van der Waals surface area contributed by atoms with Crippen LogP contribution in [0.15, 0.2) is 36.5 Å². The molecule has 0 saturated carbocycles. The maximum absolute atomic E-state index is 12.6. The largest absolute Gasteiger partial charge is 0.338 e. The molecule has 114 valence electrons. The van der Waals surface area contributed by atoms with Gasteiger partial charge in [0, 0.05) is 23.0 Å². The van der Waals surface area contributed by atoms with Crippen LogP contribution in [-0.4, -0.2) is 32.9 Å². The molecule has 4 nitrogen and oxygen atoms in total. The van der Waals surface area contributed by atoms with E-state index in [9.17, 15) is 4.79 Å². The van der Waals surface area contributed by atoms with E-state index in [0.717, 1.165) is 11.3 Å². The minimum Gasteiger partial charge on any atom is -0.338 e. The topological polar surface area (TPSA) is 49.0 Å². The average molecular weight is 295 g/mol. The first-order valence-electron chi connectivity index (χ1n) is 7.25. The number of H-pyrrole nitrogens is 1. The van der Waals surface area contributed by atoms with Gasteiger partial charge in [-0.15, -0.1) is 0 Å². The number of nitrogens with zero attached hydrogens (tertiary/aromatic N) is 2. The van der Waals surface area contributed by atoms with Crippen molar-refractivity contribution in [2.24, 2.45) is 0 Å². The van der Waals surface area contributed by atoms with Gasteiger partial charge in [-0.05, 0) is 39.8 Å². The highest BCUT2D eigenvalue weighted by atomic mass is 16.2. The fourth-order valence-corrected chi connectivity index (χ4v) is 2.00. The standard InChI is InChI=1S/C18H21N3O/c1-14-13-19-16(20-14)17(22)21(18(2,3)4)12-8-11-15-9-6-5-7-10-15/h5-7,9-10,13H,12H2,1-4H3,(H,19,20). The van der Waals surface area contributed by atoms with Gasteiger partial charge in [-0.2, -0.15) is 0 Å². The fourth-order valence-electron chi connectivity index (χ4n) is 2.00. The van der Waals surface area contributed by atoms with Gasteiger partial charge in [0.2, 0.25) is 0 Å². The Bertz CT molecular complexity index is 699. The summed E-state index contributed by atoms with van der Waals surface area (Å²) in [5, 5.41) is 0. The van der Waals surface area contributed by atoms with Crippen LogP contribution in [0.4, 0.5) is 0 Å². The second-order valence-electron chi connectivity index (χ2n) is 6.14. The summed E-state index contributed by atoms with van der Waals surface area (Å²) in [6, 6.07) is 9.75. The van der Waals surface area contributed by atoms with Crippen molar-refractivity contribution in [1.82, 2.24) is 14.9 Å². The van der Waals surface area contributed by atoms with Crippen molar-refractivity contribution in [3.63, 3.8) is 0 Å². The molecule has 0 bridgehead atoms. The third-order valence-electron chi connectivity index (χ3n) is 3.20. The summed E-state index contributed by atoms with van der Waals surface area (Å²) in [6.45, 7) is 8.21. The average Bonchev–Trinajstić information content (AvgIpc) is 2.89. The van der Waals surface area contributed by atoms with Gasteiger partial charge >= 0.3 is 0 Å². The zero-order valence-corrected chi connectivity index (χ0v) is 13.5. The number of hydrogen-bond donors (Lipinski definition) is 1. The van der Waals surface area contributed by atoms with E-state index >= 15 is 0 Å². The highest BCUT2D eigenvalue weighted by molar-refractivity contribution is 5.91. The number of aryl methyl sites for hydroxylation is 1. The zero-order chi connectivity index (χ0) is 16.2. The highest BCUT2D eigenvalue weighted by Crippen LogP contribution is 2.15. The number of benzene rings is 1. The van der Waals surface area contributed by atoms with Crippen molar-refractivity contribution in [3.8, 4) is 11.8 Å². The first-order valence-corrected chi connectivity index (χ1v) is 7.25. The van der Waals surface area contributed by atoms with Gasteiger partial charge in [0.1, 0.15) is 0 Å². The van der Waals surface area contributed by atoms with Crippen molar-refractivity contribution in [2.45, 2.75) is 33.2 Å². The van der Waals surface area contributed by atoms with Crippen LogP contribution in [0.2, 0.25) is 0 Å². The van der Waals surface area contributed by atoms with Crippen molar-refractivity contribution in [2.75, 3.05) is 6.54 Å². The molecule has 0 atom stereocenters. The number of carbonyl (C=O) groups excluding carboxylic acids is 1. The van der Waals surface area contributed by atoms with Crippen LogP contribution >= 0.6 is 0 Å². The third-order valence-corrected chi connectivity index (χ3v) is 3.20. The SMILES string of the molecule is Cc1cnc(C(=O)N(CC#Cc2ccccc2)C(C)(C)C)[nH]1. The van der Waals surface area contributed by atoms with Crippen LogP contribution in [0.25, 0.3) is 0 Å². The van der Waals surface area contributed by atoms with Gasteiger partial charge < -0.3 is 9.88 Å². The minimum atomic E-state index is -0.330. The van der Waals surface area contributed by atoms with Crippen molar-refractivity contribution >= 4 is 5.91 Å². The third kappa shape index (κ3) is 3.98. The van der Waals surface area contributed by atoms with Crippen molar-refractivity contribution in [1.29, 1.82) is 0 Å². The molecular weight excluding hydrogens is 274 g/mol. The van der Waals surface area contributed by atoms with Crippen LogP contribution < -0.4 is 0 Å². The quantitative estimate of drug-likeness (QED) is 0.866. The predicted octanol–water partition coefficient (Wildman–Crippen LogP) is 3.01. The summed E-state index contributed by atoms with van der Waals surface area (Å²) in [5.41, 5.74) is 1.48. The molecule has 22 heavy (non-hydrogen) atoms. The van der Waals surface area contributed by atoms with Crippen LogP contribution in [0.5, 0.6) is 0 Å². The molecule has 1 heterocycles. The van der Waals surface area contributed by atoms with E-state index in [2.05, 4.69) is 21.8 Å². The van der Waals surface area contributed by atoms with Crippen LogP contribution in [-0.2, 0) is 0 Å². The van der Waals surface area contributed by atoms with E-state index in [1.807, 2.05) is 58.0 Å². The number of aromatic nitrogens is 2. The number of imidazole rings is 1. The maximum Gasteiger partial charge on any atom is 0.290 e. The Morgan fingerprint density at radius 3 is 2.50 bits per heavy atom. The first kappa shape index (κ1) is 15.8.